The topological polar surface area (TPSA) is 46.3 Å². The van der Waals surface area contributed by atoms with Crippen molar-refractivity contribution >= 4 is 11.8 Å². The number of nitrogens with zero attached hydrogens (tertiary/aromatic N) is 1. The Kier molecular flexibility index (Phi) is 3.62. The molecule has 1 rings (SSSR count). The Labute approximate surface area is 76.1 Å². The molecule has 0 aromatic carbocycles. The summed E-state index contributed by atoms with van der Waals surface area (Å²) >= 11 is 1.66. The van der Waals surface area contributed by atoms with Crippen molar-refractivity contribution in [2.45, 2.75) is 24.9 Å². The molecule has 4 heteroatoms. The lowest BCUT2D eigenvalue weighted by Crippen LogP contribution is -2.01. The van der Waals surface area contributed by atoms with E-state index < -0.39 is 0 Å². The molecule has 1 N–H and O–H groups in total. The highest BCUT2D eigenvalue weighted by molar-refractivity contribution is 7.99. The minimum Gasteiger partial charge on any atom is -0.395 e. The Bertz CT molecular complexity index is 237. The third kappa shape index (κ3) is 2.87. The molecule has 1 unspecified atom stereocenters. The summed E-state index contributed by atoms with van der Waals surface area (Å²) in [4.78, 5) is 0. The average Bonchev–Trinajstić information content (AvgIpc) is 2.47. The van der Waals surface area contributed by atoms with Crippen LogP contribution in [0.2, 0.25) is 0 Å². The van der Waals surface area contributed by atoms with Crippen molar-refractivity contribution in [2.75, 3.05) is 6.61 Å². The van der Waals surface area contributed by atoms with Gasteiger partial charge in [0.15, 0.2) is 0 Å². The smallest absolute Gasteiger partial charge is 0.146 e. The fourth-order valence-electron chi connectivity index (χ4n) is 0.761. The predicted octanol–water partition coefficient (Wildman–Crippen LogP) is 1.60. The van der Waals surface area contributed by atoms with Crippen LogP contribution in [-0.2, 0) is 5.75 Å². The molecule has 0 radical (unpaired) electrons. The van der Waals surface area contributed by atoms with Crippen LogP contribution in [0.4, 0.5) is 0 Å². The van der Waals surface area contributed by atoms with Crippen LogP contribution < -0.4 is 0 Å². The average molecular weight is 187 g/mol. The maximum Gasteiger partial charge on any atom is 0.146 e. The van der Waals surface area contributed by atoms with Gasteiger partial charge in [-0.1, -0.05) is 12.1 Å². The lowest BCUT2D eigenvalue weighted by Gasteiger charge is -2.03. The van der Waals surface area contributed by atoms with E-state index in [4.69, 9.17) is 9.63 Å². The van der Waals surface area contributed by atoms with Gasteiger partial charge in [0.2, 0.25) is 0 Å². The fourth-order valence-corrected chi connectivity index (χ4v) is 1.45. The van der Waals surface area contributed by atoms with Crippen molar-refractivity contribution in [3.8, 4) is 0 Å². The number of aliphatic hydroxyl groups is 1. The Hall–Kier alpha value is -0.480. The molecular weight excluding hydrogens is 174 g/mol. The highest BCUT2D eigenvalue weighted by atomic mass is 32.2. The van der Waals surface area contributed by atoms with Crippen LogP contribution in [0.3, 0.4) is 0 Å². The highest BCUT2D eigenvalue weighted by Gasteiger charge is 2.04. The van der Waals surface area contributed by atoms with Crippen LogP contribution in [0.1, 0.15) is 18.4 Å². The molecule has 1 aromatic heterocycles. The maximum atomic E-state index is 8.75. The standard InChI is InChI=1S/C8H13NO2S/c1-6-3-8(11-9-6)5-12-7(2)4-10/h3,7,10H,4-5H2,1-2H3. The van der Waals surface area contributed by atoms with E-state index in [-0.39, 0.29) is 11.9 Å². The quantitative estimate of drug-likeness (QED) is 0.777. The van der Waals surface area contributed by atoms with Gasteiger partial charge in [0.05, 0.1) is 18.1 Å². The molecule has 68 valence electrons. The molecule has 3 nitrogen and oxygen atoms in total. The lowest BCUT2D eigenvalue weighted by atomic mass is 10.4. The van der Waals surface area contributed by atoms with E-state index in [1.807, 2.05) is 19.9 Å². The molecule has 0 fully saturated rings. The van der Waals surface area contributed by atoms with Crippen molar-refractivity contribution in [3.63, 3.8) is 0 Å². The van der Waals surface area contributed by atoms with Gasteiger partial charge in [0.1, 0.15) is 5.76 Å². The van der Waals surface area contributed by atoms with Crippen LogP contribution in [0.15, 0.2) is 10.6 Å². The molecule has 0 bridgehead atoms. The number of rotatable bonds is 4. The lowest BCUT2D eigenvalue weighted by molar-refractivity contribution is 0.300. The Morgan fingerprint density at radius 3 is 3.00 bits per heavy atom. The van der Waals surface area contributed by atoms with Gasteiger partial charge in [-0.25, -0.2) is 0 Å². The van der Waals surface area contributed by atoms with Crippen molar-refractivity contribution < 1.29 is 9.63 Å². The summed E-state index contributed by atoms with van der Waals surface area (Å²) in [5.41, 5.74) is 0.905. The number of hydrogen-bond acceptors (Lipinski definition) is 4. The van der Waals surface area contributed by atoms with E-state index in [9.17, 15) is 0 Å². The number of aromatic nitrogens is 1. The molecule has 0 amide bonds. The summed E-state index contributed by atoms with van der Waals surface area (Å²) in [5, 5.41) is 12.8. The molecule has 0 aliphatic rings. The van der Waals surface area contributed by atoms with Crippen molar-refractivity contribution in [3.05, 3.63) is 17.5 Å². The Morgan fingerprint density at radius 1 is 1.75 bits per heavy atom. The summed E-state index contributed by atoms with van der Waals surface area (Å²) in [6, 6.07) is 1.91. The normalized spacial score (nSPS) is 13.2. The summed E-state index contributed by atoms with van der Waals surface area (Å²) < 4.78 is 5.01. The van der Waals surface area contributed by atoms with E-state index in [1.165, 1.54) is 0 Å². The molecule has 0 saturated heterocycles. The van der Waals surface area contributed by atoms with Gasteiger partial charge in [-0.3, -0.25) is 0 Å². The molecule has 1 atom stereocenters. The van der Waals surface area contributed by atoms with Crippen LogP contribution in [0.5, 0.6) is 0 Å². The van der Waals surface area contributed by atoms with E-state index >= 15 is 0 Å². The minimum absolute atomic E-state index is 0.206. The molecule has 0 aliphatic heterocycles. The third-order valence-electron chi connectivity index (χ3n) is 1.44. The maximum absolute atomic E-state index is 8.75. The first-order chi connectivity index (χ1) is 5.72. The first kappa shape index (κ1) is 9.61. The zero-order chi connectivity index (χ0) is 8.97. The second-order valence-corrected chi connectivity index (χ2v) is 4.17. The molecule has 0 saturated carbocycles. The molecule has 0 aliphatic carbocycles. The van der Waals surface area contributed by atoms with Crippen molar-refractivity contribution in [2.24, 2.45) is 0 Å². The minimum atomic E-state index is 0.206. The molecule has 0 spiro atoms. The molecule has 1 aromatic rings. The van der Waals surface area contributed by atoms with Crippen LogP contribution in [0, 0.1) is 6.92 Å². The number of aliphatic hydroxyl groups excluding tert-OH is 1. The van der Waals surface area contributed by atoms with Crippen LogP contribution >= 0.6 is 11.8 Å². The van der Waals surface area contributed by atoms with Crippen LogP contribution in [0.25, 0.3) is 0 Å². The van der Waals surface area contributed by atoms with E-state index in [1.54, 1.807) is 11.8 Å². The van der Waals surface area contributed by atoms with Crippen molar-refractivity contribution in [1.82, 2.24) is 5.16 Å². The summed E-state index contributed by atoms with van der Waals surface area (Å²) in [7, 11) is 0. The fraction of sp³-hybridized carbons (Fsp3) is 0.625. The SMILES string of the molecule is Cc1cc(CSC(C)CO)on1. The Balaban J connectivity index is 2.33. The highest BCUT2D eigenvalue weighted by Crippen LogP contribution is 2.17. The van der Waals surface area contributed by atoms with Gasteiger partial charge in [-0.2, -0.15) is 0 Å². The number of thioether (sulfide) groups is 1. The summed E-state index contributed by atoms with van der Waals surface area (Å²) in [6.45, 7) is 4.08. The summed E-state index contributed by atoms with van der Waals surface area (Å²) in [5.74, 6) is 1.65. The van der Waals surface area contributed by atoms with Gasteiger partial charge < -0.3 is 9.63 Å². The third-order valence-corrected chi connectivity index (χ3v) is 2.61. The first-order valence-corrected chi connectivity index (χ1v) is 4.92. The van der Waals surface area contributed by atoms with Gasteiger partial charge in [-0.05, 0) is 6.92 Å². The van der Waals surface area contributed by atoms with Gasteiger partial charge >= 0.3 is 0 Å². The molecule has 12 heavy (non-hydrogen) atoms. The Morgan fingerprint density at radius 2 is 2.50 bits per heavy atom. The van der Waals surface area contributed by atoms with E-state index in [0.717, 1.165) is 17.2 Å². The monoisotopic (exact) mass is 187 g/mol. The largest absolute Gasteiger partial charge is 0.395 e. The number of hydrogen-bond donors (Lipinski definition) is 1. The van der Waals surface area contributed by atoms with Gasteiger partial charge in [0, 0.05) is 11.3 Å². The zero-order valence-electron chi connectivity index (χ0n) is 7.28. The second kappa shape index (κ2) is 4.52. The molecule has 1 heterocycles. The predicted molar refractivity (Wildman–Crippen MR) is 49.1 cm³/mol. The zero-order valence-corrected chi connectivity index (χ0v) is 8.10. The van der Waals surface area contributed by atoms with Gasteiger partial charge in [-0.15, -0.1) is 11.8 Å². The number of aryl methyl sites for hydroxylation is 1. The second-order valence-electron chi connectivity index (χ2n) is 2.74. The van der Waals surface area contributed by atoms with Crippen molar-refractivity contribution in [1.29, 1.82) is 0 Å². The molecular formula is C8H13NO2S. The first-order valence-electron chi connectivity index (χ1n) is 3.87. The summed E-state index contributed by atoms with van der Waals surface area (Å²) in [6.07, 6.45) is 0. The van der Waals surface area contributed by atoms with E-state index in [2.05, 4.69) is 5.16 Å². The van der Waals surface area contributed by atoms with E-state index in [0.29, 0.717) is 0 Å². The van der Waals surface area contributed by atoms with Crippen LogP contribution in [-0.4, -0.2) is 22.1 Å². The van der Waals surface area contributed by atoms with Gasteiger partial charge in [0.25, 0.3) is 0 Å².